The molecule has 0 aliphatic heterocycles. The van der Waals surface area contributed by atoms with Crippen molar-refractivity contribution >= 4 is 38.7 Å². The van der Waals surface area contributed by atoms with Gasteiger partial charge in [-0.1, -0.05) is 75.0 Å². The second-order valence-corrected chi connectivity index (χ2v) is 10.9. The standard InChI is InChI=1S/C31H26NO2.C5H8O2.Ir/c1-18(2)21-10-7-11-22(19(3)4)30(21)29-15-20-17-32-26(16-28(20)33-29)25-13-8-12-24-23-9-5-6-14-27(23)34-31(24)25;1-4(6)3-5(2)7;/h5-12,14-19H,1-4H3;3,6H,1-2H3;/q-1;;/b;4-3-;. The van der Waals surface area contributed by atoms with E-state index < -0.39 is 0 Å². The van der Waals surface area contributed by atoms with Crippen LogP contribution in [0.3, 0.4) is 0 Å². The van der Waals surface area contributed by atoms with Gasteiger partial charge in [-0.25, -0.2) is 0 Å². The zero-order valence-corrected chi connectivity index (χ0v) is 27.0. The predicted molar refractivity (Wildman–Crippen MR) is 166 cm³/mol. The van der Waals surface area contributed by atoms with Crippen LogP contribution in [0.5, 0.6) is 0 Å². The molecule has 6 heteroatoms. The Bertz CT molecular complexity index is 1880. The number of hydrogen-bond acceptors (Lipinski definition) is 5. The summed E-state index contributed by atoms with van der Waals surface area (Å²) in [5.41, 5.74) is 7.93. The maximum Gasteiger partial charge on any atom is 0.155 e. The molecule has 6 aromatic rings. The van der Waals surface area contributed by atoms with Gasteiger partial charge in [-0.2, -0.15) is 0 Å². The Morgan fingerprint density at radius 2 is 1.57 bits per heavy atom. The number of ketones is 1. The molecule has 42 heavy (non-hydrogen) atoms. The summed E-state index contributed by atoms with van der Waals surface area (Å²) >= 11 is 0. The van der Waals surface area contributed by atoms with E-state index in [2.05, 4.69) is 64.1 Å². The number of benzene rings is 3. The average molecular weight is 737 g/mol. The normalized spacial score (nSPS) is 11.7. The van der Waals surface area contributed by atoms with Crippen LogP contribution >= 0.6 is 0 Å². The number of carbonyl (C=O) groups is 1. The number of pyridine rings is 1. The largest absolute Gasteiger partial charge is 0.512 e. The van der Waals surface area contributed by atoms with Gasteiger partial charge in [0.25, 0.3) is 0 Å². The Hall–Kier alpha value is -3.99. The molecular weight excluding hydrogens is 703 g/mol. The number of fused-ring (bicyclic) bond motifs is 4. The molecule has 1 radical (unpaired) electrons. The molecule has 1 N–H and O–H groups in total. The van der Waals surface area contributed by atoms with Crippen LogP contribution in [-0.2, 0) is 24.9 Å². The van der Waals surface area contributed by atoms with Gasteiger partial charge in [0.1, 0.15) is 16.9 Å². The molecule has 3 aromatic carbocycles. The first-order valence-corrected chi connectivity index (χ1v) is 13.9. The number of allylic oxidation sites excluding steroid dienone is 2. The van der Waals surface area contributed by atoms with Gasteiger partial charge in [0.2, 0.25) is 0 Å². The fourth-order valence-electron chi connectivity index (χ4n) is 5.20. The summed E-state index contributed by atoms with van der Waals surface area (Å²) in [6.45, 7) is 11.8. The quantitative estimate of drug-likeness (QED) is 0.108. The molecule has 0 amide bonds. The van der Waals surface area contributed by atoms with Crippen molar-refractivity contribution in [3.8, 4) is 22.6 Å². The summed E-state index contributed by atoms with van der Waals surface area (Å²) in [7, 11) is 0. The smallest absolute Gasteiger partial charge is 0.155 e. The average Bonchev–Trinajstić information content (AvgIpc) is 3.53. The number of para-hydroxylation sites is 1. The third kappa shape index (κ3) is 6.25. The summed E-state index contributed by atoms with van der Waals surface area (Å²) in [6, 6.07) is 26.1. The van der Waals surface area contributed by atoms with Crippen LogP contribution in [0, 0.1) is 6.07 Å². The summed E-state index contributed by atoms with van der Waals surface area (Å²) < 4.78 is 12.7. The Morgan fingerprint density at radius 3 is 2.19 bits per heavy atom. The van der Waals surface area contributed by atoms with E-state index in [1.54, 1.807) is 0 Å². The molecule has 0 saturated carbocycles. The first-order valence-electron chi connectivity index (χ1n) is 13.9. The fourth-order valence-corrected chi connectivity index (χ4v) is 5.20. The van der Waals surface area contributed by atoms with Crippen molar-refractivity contribution in [2.75, 3.05) is 0 Å². The van der Waals surface area contributed by atoms with E-state index in [1.807, 2.05) is 42.6 Å². The Labute approximate surface area is 259 Å². The molecule has 5 nitrogen and oxygen atoms in total. The minimum absolute atomic E-state index is 0. The summed E-state index contributed by atoms with van der Waals surface area (Å²) in [5.74, 6) is 1.63. The van der Waals surface area contributed by atoms with Crippen LogP contribution in [0.4, 0.5) is 0 Å². The number of aromatic nitrogens is 1. The van der Waals surface area contributed by atoms with Crippen LogP contribution in [0.2, 0.25) is 0 Å². The topological polar surface area (TPSA) is 76.5 Å². The van der Waals surface area contributed by atoms with E-state index in [9.17, 15) is 4.79 Å². The molecule has 0 aliphatic rings. The minimum atomic E-state index is -0.125. The third-order valence-electron chi connectivity index (χ3n) is 7.03. The molecule has 0 atom stereocenters. The molecule has 0 aliphatic carbocycles. The van der Waals surface area contributed by atoms with Crippen molar-refractivity contribution in [2.24, 2.45) is 0 Å². The van der Waals surface area contributed by atoms with Crippen molar-refractivity contribution in [1.82, 2.24) is 4.98 Å². The Morgan fingerprint density at radius 1 is 0.881 bits per heavy atom. The predicted octanol–water partition coefficient (Wildman–Crippen LogP) is 10.1. The molecule has 6 rings (SSSR count). The molecule has 3 aromatic heterocycles. The van der Waals surface area contributed by atoms with Crippen molar-refractivity contribution in [3.63, 3.8) is 0 Å². The summed E-state index contributed by atoms with van der Waals surface area (Å²) in [5, 5.41) is 11.5. The fraction of sp³-hybridized carbons (Fsp3) is 0.222. The molecule has 0 bridgehead atoms. The molecule has 3 heterocycles. The van der Waals surface area contributed by atoms with Gasteiger partial charge < -0.3 is 18.9 Å². The molecule has 0 spiro atoms. The van der Waals surface area contributed by atoms with E-state index in [1.165, 1.54) is 36.6 Å². The van der Waals surface area contributed by atoms with E-state index in [-0.39, 0.29) is 31.6 Å². The molecule has 0 unspecified atom stereocenters. The second-order valence-electron chi connectivity index (χ2n) is 10.9. The van der Waals surface area contributed by atoms with E-state index in [0.717, 1.165) is 49.9 Å². The monoisotopic (exact) mass is 737 g/mol. The van der Waals surface area contributed by atoms with Crippen LogP contribution < -0.4 is 0 Å². The van der Waals surface area contributed by atoms with Gasteiger partial charge in [-0.15, -0.1) is 18.2 Å². The van der Waals surface area contributed by atoms with Crippen LogP contribution in [0.1, 0.15) is 64.5 Å². The summed E-state index contributed by atoms with van der Waals surface area (Å²) in [6.07, 6.45) is 3.06. The van der Waals surface area contributed by atoms with Crippen molar-refractivity contribution in [2.45, 2.75) is 53.4 Å². The number of rotatable bonds is 5. The first kappa shape index (κ1) is 31.0. The van der Waals surface area contributed by atoms with Crippen molar-refractivity contribution < 1.29 is 38.8 Å². The van der Waals surface area contributed by atoms with Crippen molar-refractivity contribution in [3.05, 3.63) is 102 Å². The zero-order valence-electron chi connectivity index (χ0n) is 24.6. The number of carbonyl (C=O) groups excluding carboxylic acids is 1. The zero-order chi connectivity index (χ0) is 29.3. The number of aliphatic hydroxyl groups excluding tert-OH is 1. The first-order chi connectivity index (χ1) is 19.6. The number of furan rings is 2. The Kier molecular flexibility index (Phi) is 9.50. The SMILES string of the molecule is CC(=O)/C=C(/C)O.CC(C)c1cccc(C(C)C)c1-c1cc2cnc(-c3[c-]ccc4c3oc3ccccc34)cc2o1.[Ir]. The van der Waals surface area contributed by atoms with Gasteiger partial charge in [0.05, 0.1) is 11.3 Å². The minimum Gasteiger partial charge on any atom is -0.512 e. The molecule has 217 valence electrons. The van der Waals surface area contributed by atoms with Crippen molar-refractivity contribution in [1.29, 1.82) is 0 Å². The number of aliphatic hydroxyl groups is 1. The van der Waals surface area contributed by atoms with E-state index in [4.69, 9.17) is 18.9 Å². The van der Waals surface area contributed by atoms with Gasteiger partial charge in [-0.3, -0.25) is 4.79 Å². The van der Waals surface area contributed by atoms with Crippen LogP contribution in [0.25, 0.3) is 55.5 Å². The van der Waals surface area contributed by atoms with Gasteiger partial charge in [0.15, 0.2) is 5.78 Å². The molecule has 0 saturated heterocycles. The maximum atomic E-state index is 10.0. The third-order valence-corrected chi connectivity index (χ3v) is 7.03. The van der Waals surface area contributed by atoms with Crippen LogP contribution in [0.15, 0.2) is 93.6 Å². The number of hydrogen-bond donors (Lipinski definition) is 1. The Balaban J connectivity index is 0.000000454. The van der Waals surface area contributed by atoms with Crippen LogP contribution in [-0.4, -0.2) is 15.9 Å². The molecular formula is C36H34IrNO4-. The van der Waals surface area contributed by atoms with Gasteiger partial charge in [-0.05, 0) is 60.7 Å². The maximum absolute atomic E-state index is 10.0. The number of nitrogens with zero attached hydrogens (tertiary/aromatic N) is 1. The summed E-state index contributed by atoms with van der Waals surface area (Å²) in [4.78, 5) is 14.8. The molecule has 0 fully saturated rings. The van der Waals surface area contributed by atoms with E-state index in [0.29, 0.717) is 11.8 Å². The van der Waals surface area contributed by atoms with Gasteiger partial charge >= 0.3 is 0 Å². The second kappa shape index (κ2) is 12.9. The van der Waals surface area contributed by atoms with Gasteiger partial charge in [0, 0.05) is 48.7 Å². The van der Waals surface area contributed by atoms with E-state index >= 15 is 0 Å².